The molecule has 0 radical (unpaired) electrons. The molecule has 3 amide bonds. The smallest absolute Gasteiger partial charge is 0.329 e. The Morgan fingerprint density at radius 1 is 1.11 bits per heavy atom. The van der Waals surface area contributed by atoms with E-state index in [0.29, 0.717) is 26.2 Å². The number of hydrogen-bond donors (Lipinski definition) is 1. The molecule has 0 unspecified atom stereocenters. The lowest BCUT2D eigenvalue weighted by molar-refractivity contribution is -0.123. The molecule has 0 bridgehead atoms. The van der Waals surface area contributed by atoms with Gasteiger partial charge in [0.2, 0.25) is 0 Å². The van der Waals surface area contributed by atoms with Gasteiger partial charge in [0.1, 0.15) is 18.1 Å². The van der Waals surface area contributed by atoms with E-state index < -0.39 is 17.8 Å². The number of ether oxygens (including phenoxy) is 2. The van der Waals surface area contributed by atoms with Crippen molar-refractivity contribution in [1.82, 2.24) is 10.2 Å². The Morgan fingerprint density at radius 2 is 1.83 bits per heavy atom. The van der Waals surface area contributed by atoms with Gasteiger partial charge >= 0.3 is 6.03 Å². The Labute approximate surface area is 214 Å². The third-order valence-corrected chi connectivity index (χ3v) is 6.12. The summed E-state index contributed by atoms with van der Waals surface area (Å²) in [7, 11) is 1.50. The van der Waals surface area contributed by atoms with E-state index in [1.807, 2.05) is 12.1 Å². The molecule has 1 aliphatic heterocycles. The standard InChI is InChI=1S/C26H19FIN3O4/c1-34-23-12-16(10-21(28)24(23)35-15-19-8-3-2-6-17(19)13-29)11-22-25(32)31(26(33)30-22)14-18-7-4-5-9-20(18)27/h2-12H,14-15H2,1H3,(H,30,33)/b22-11+. The summed E-state index contributed by atoms with van der Waals surface area (Å²) < 4.78 is 26.2. The number of nitrogens with one attached hydrogen (secondary N) is 1. The first-order valence-corrected chi connectivity index (χ1v) is 11.6. The number of carbonyl (C=O) groups is 2. The quantitative estimate of drug-likeness (QED) is 0.241. The van der Waals surface area contributed by atoms with Gasteiger partial charge in [0.05, 0.1) is 28.9 Å². The van der Waals surface area contributed by atoms with E-state index in [0.717, 1.165) is 10.5 Å². The van der Waals surface area contributed by atoms with Crippen LogP contribution >= 0.6 is 22.6 Å². The Morgan fingerprint density at radius 3 is 2.54 bits per heavy atom. The van der Waals surface area contributed by atoms with E-state index in [1.165, 1.54) is 25.3 Å². The Bertz CT molecular complexity index is 1380. The molecule has 4 rings (SSSR count). The molecule has 0 saturated carbocycles. The SMILES string of the molecule is COc1cc(/C=C2/NC(=O)N(Cc3ccccc3F)C2=O)cc(I)c1OCc1ccccc1C#N. The topological polar surface area (TPSA) is 91.7 Å². The predicted molar refractivity (Wildman–Crippen MR) is 135 cm³/mol. The van der Waals surface area contributed by atoms with Crippen molar-refractivity contribution >= 4 is 40.6 Å². The number of urea groups is 1. The molecule has 176 valence electrons. The molecule has 0 aliphatic carbocycles. The fraction of sp³-hybridized carbons (Fsp3) is 0.115. The van der Waals surface area contributed by atoms with Gasteiger partial charge in [-0.15, -0.1) is 0 Å². The molecular weight excluding hydrogens is 564 g/mol. The lowest BCUT2D eigenvalue weighted by atomic mass is 10.1. The van der Waals surface area contributed by atoms with Gasteiger partial charge in [0, 0.05) is 11.1 Å². The van der Waals surface area contributed by atoms with Gasteiger partial charge in [0.15, 0.2) is 11.5 Å². The zero-order chi connectivity index (χ0) is 24.9. The molecule has 1 N–H and O–H groups in total. The number of nitrogens with zero attached hydrogens (tertiary/aromatic N) is 2. The van der Waals surface area contributed by atoms with Gasteiger partial charge in [-0.3, -0.25) is 9.69 Å². The van der Waals surface area contributed by atoms with Crippen molar-refractivity contribution in [3.05, 3.63) is 98.0 Å². The maximum Gasteiger partial charge on any atom is 0.329 e. The monoisotopic (exact) mass is 583 g/mol. The van der Waals surface area contributed by atoms with Gasteiger partial charge in [-0.25, -0.2) is 9.18 Å². The first kappa shape index (κ1) is 24.2. The summed E-state index contributed by atoms with van der Waals surface area (Å²) in [6.45, 7) is 0.00254. The molecule has 7 nitrogen and oxygen atoms in total. The fourth-order valence-electron chi connectivity index (χ4n) is 3.55. The number of hydrogen-bond acceptors (Lipinski definition) is 5. The number of nitriles is 1. The average Bonchev–Trinajstić information content (AvgIpc) is 3.11. The maximum absolute atomic E-state index is 14.0. The third-order valence-electron chi connectivity index (χ3n) is 5.32. The van der Waals surface area contributed by atoms with Gasteiger partial charge in [-0.1, -0.05) is 36.4 Å². The van der Waals surface area contributed by atoms with Crippen molar-refractivity contribution in [3.8, 4) is 17.6 Å². The minimum absolute atomic E-state index is 0.0702. The lowest BCUT2D eigenvalue weighted by Gasteiger charge is -2.14. The number of rotatable bonds is 7. The molecule has 0 atom stereocenters. The van der Waals surface area contributed by atoms with Crippen molar-refractivity contribution in [2.75, 3.05) is 7.11 Å². The van der Waals surface area contributed by atoms with Crippen LogP contribution in [-0.2, 0) is 17.9 Å². The second-order valence-corrected chi connectivity index (χ2v) is 8.72. The highest BCUT2D eigenvalue weighted by Gasteiger charge is 2.34. The first-order valence-electron chi connectivity index (χ1n) is 10.5. The molecule has 3 aromatic rings. The van der Waals surface area contributed by atoms with Crippen molar-refractivity contribution in [2.45, 2.75) is 13.2 Å². The van der Waals surface area contributed by atoms with E-state index >= 15 is 0 Å². The first-order chi connectivity index (χ1) is 16.9. The summed E-state index contributed by atoms with van der Waals surface area (Å²) in [6, 6.07) is 18.1. The molecule has 1 aliphatic rings. The van der Waals surface area contributed by atoms with Crippen LogP contribution in [0.3, 0.4) is 0 Å². The van der Waals surface area contributed by atoms with Crippen LogP contribution in [0, 0.1) is 20.7 Å². The minimum atomic E-state index is -0.623. The fourth-order valence-corrected chi connectivity index (χ4v) is 4.33. The van der Waals surface area contributed by atoms with Gasteiger partial charge in [0.25, 0.3) is 5.91 Å². The zero-order valence-electron chi connectivity index (χ0n) is 18.5. The summed E-state index contributed by atoms with van der Waals surface area (Å²) in [5, 5.41) is 11.8. The number of amides is 3. The summed E-state index contributed by atoms with van der Waals surface area (Å²) in [4.78, 5) is 26.2. The van der Waals surface area contributed by atoms with E-state index in [1.54, 1.807) is 36.4 Å². The van der Waals surface area contributed by atoms with Crippen molar-refractivity contribution < 1.29 is 23.5 Å². The van der Waals surface area contributed by atoms with Crippen LogP contribution in [0.4, 0.5) is 9.18 Å². The predicted octanol–water partition coefficient (Wildman–Crippen LogP) is 4.98. The van der Waals surface area contributed by atoms with Crippen LogP contribution in [0.5, 0.6) is 11.5 Å². The molecule has 0 spiro atoms. The summed E-state index contributed by atoms with van der Waals surface area (Å²) in [5.74, 6) is -0.123. The molecule has 3 aromatic carbocycles. The number of benzene rings is 3. The number of imide groups is 1. The highest BCUT2D eigenvalue weighted by molar-refractivity contribution is 14.1. The number of carbonyl (C=O) groups excluding carboxylic acids is 2. The van der Waals surface area contributed by atoms with E-state index in [4.69, 9.17) is 9.47 Å². The number of methoxy groups -OCH3 is 1. The summed E-state index contributed by atoms with van der Waals surface area (Å²) in [5.41, 5.74) is 2.19. The van der Waals surface area contributed by atoms with Crippen LogP contribution in [0.1, 0.15) is 22.3 Å². The van der Waals surface area contributed by atoms with E-state index in [9.17, 15) is 19.2 Å². The molecule has 9 heteroatoms. The molecular formula is C26H19FIN3O4. The van der Waals surface area contributed by atoms with Crippen molar-refractivity contribution in [2.24, 2.45) is 0 Å². The highest BCUT2D eigenvalue weighted by Crippen LogP contribution is 2.35. The zero-order valence-corrected chi connectivity index (χ0v) is 20.7. The molecule has 1 saturated heterocycles. The van der Waals surface area contributed by atoms with Gasteiger partial charge < -0.3 is 14.8 Å². The van der Waals surface area contributed by atoms with E-state index in [-0.39, 0.29) is 24.4 Å². The van der Waals surface area contributed by atoms with Crippen LogP contribution < -0.4 is 14.8 Å². The van der Waals surface area contributed by atoms with Crippen LogP contribution in [0.2, 0.25) is 0 Å². The normalized spacial score (nSPS) is 14.1. The average molecular weight is 583 g/mol. The van der Waals surface area contributed by atoms with Crippen molar-refractivity contribution in [3.63, 3.8) is 0 Å². The largest absolute Gasteiger partial charge is 0.493 e. The van der Waals surface area contributed by atoms with Gasteiger partial charge in [-0.2, -0.15) is 5.26 Å². The minimum Gasteiger partial charge on any atom is -0.493 e. The second-order valence-electron chi connectivity index (χ2n) is 7.56. The molecule has 0 aromatic heterocycles. The molecule has 1 heterocycles. The van der Waals surface area contributed by atoms with Gasteiger partial charge in [-0.05, 0) is 58.5 Å². The Balaban J connectivity index is 1.55. The highest BCUT2D eigenvalue weighted by atomic mass is 127. The Kier molecular flexibility index (Phi) is 7.31. The Hall–Kier alpha value is -3.91. The molecule has 1 fully saturated rings. The number of halogens is 2. The summed E-state index contributed by atoms with van der Waals surface area (Å²) >= 11 is 2.09. The lowest BCUT2D eigenvalue weighted by Crippen LogP contribution is -2.30. The van der Waals surface area contributed by atoms with Crippen LogP contribution in [0.25, 0.3) is 6.08 Å². The molecule has 35 heavy (non-hydrogen) atoms. The van der Waals surface area contributed by atoms with Crippen LogP contribution in [0.15, 0.2) is 66.4 Å². The third kappa shape index (κ3) is 5.27. The van der Waals surface area contributed by atoms with Crippen LogP contribution in [-0.4, -0.2) is 23.9 Å². The van der Waals surface area contributed by atoms with Crippen molar-refractivity contribution in [1.29, 1.82) is 5.26 Å². The maximum atomic E-state index is 14.0. The van der Waals surface area contributed by atoms with E-state index in [2.05, 4.69) is 34.0 Å². The second kappa shape index (κ2) is 10.6. The summed E-state index contributed by atoms with van der Waals surface area (Å²) in [6.07, 6.45) is 1.53.